The molecule has 9 nitrogen and oxygen atoms in total. The molecule has 0 spiro atoms. The molecule has 2 aromatic carbocycles. The molecule has 2 amide bonds. The minimum Gasteiger partial charge on any atom is -0.488 e. The molecule has 0 radical (unpaired) electrons. The van der Waals surface area contributed by atoms with Gasteiger partial charge in [-0.1, -0.05) is 43.3 Å². The molecule has 0 fully saturated rings. The van der Waals surface area contributed by atoms with Crippen LogP contribution in [0.3, 0.4) is 0 Å². The van der Waals surface area contributed by atoms with Crippen LogP contribution in [0.4, 0.5) is 5.69 Å². The fourth-order valence-corrected chi connectivity index (χ4v) is 7.01. The fourth-order valence-electron chi connectivity index (χ4n) is 4.63. The number of nitrogens with one attached hydrogen (secondary N) is 1. The molecule has 2 N–H and O–H groups in total. The molecule has 1 aliphatic rings. The number of thiophene rings is 1. The lowest BCUT2D eigenvalue weighted by molar-refractivity contribution is -0.134. The normalized spacial score (nSPS) is 18.7. The van der Waals surface area contributed by atoms with E-state index < -0.39 is 22.2 Å². The van der Waals surface area contributed by atoms with Gasteiger partial charge in [0.15, 0.2) is 0 Å². The molecule has 4 rings (SSSR count). The van der Waals surface area contributed by atoms with Gasteiger partial charge in [0.1, 0.15) is 16.1 Å². The number of hydrogen-bond donors (Lipinski definition) is 2. The Kier molecular flexibility index (Phi) is 9.62. The van der Waals surface area contributed by atoms with E-state index in [1.54, 1.807) is 47.5 Å². The summed E-state index contributed by atoms with van der Waals surface area (Å²) < 4.78 is 34.2. The Labute approximate surface area is 239 Å². The van der Waals surface area contributed by atoms with E-state index in [-0.39, 0.29) is 54.5 Å². The summed E-state index contributed by atoms with van der Waals surface area (Å²) >= 11 is 1.15. The average Bonchev–Trinajstić information content (AvgIpc) is 3.49. The SMILES string of the molecule is C[C@H](CO)N1C[C@H](C)[C@H](CN(C)S(=O)(=O)c2cccs2)Oc2ccc(NC(=O)Cc3ccccc3)cc2CC1=O. The number of aliphatic hydroxyl groups is 1. The van der Waals surface area contributed by atoms with E-state index in [2.05, 4.69) is 5.32 Å². The number of carbonyl (C=O) groups excluding carboxylic acids is 2. The van der Waals surface area contributed by atoms with Crippen molar-refractivity contribution < 1.29 is 27.9 Å². The lowest BCUT2D eigenvalue weighted by Crippen LogP contribution is -2.48. The lowest BCUT2D eigenvalue weighted by atomic mass is 10.0. The van der Waals surface area contributed by atoms with Crippen LogP contribution in [0, 0.1) is 5.92 Å². The molecule has 0 bridgehead atoms. The molecule has 1 aromatic heterocycles. The van der Waals surface area contributed by atoms with Gasteiger partial charge in [-0.2, -0.15) is 4.31 Å². The Morgan fingerprint density at radius 2 is 1.95 bits per heavy atom. The Morgan fingerprint density at radius 1 is 1.20 bits per heavy atom. The predicted molar refractivity (Wildman–Crippen MR) is 155 cm³/mol. The van der Waals surface area contributed by atoms with Crippen LogP contribution in [-0.4, -0.2) is 73.4 Å². The van der Waals surface area contributed by atoms with Gasteiger partial charge >= 0.3 is 0 Å². The summed E-state index contributed by atoms with van der Waals surface area (Å²) in [6, 6.07) is 17.4. The number of hydrogen-bond acceptors (Lipinski definition) is 7. The van der Waals surface area contributed by atoms with E-state index in [0.717, 1.165) is 16.9 Å². The largest absolute Gasteiger partial charge is 0.488 e. The van der Waals surface area contributed by atoms with Gasteiger partial charge in [-0.05, 0) is 42.1 Å². The van der Waals surface area contributed by atoms with Crippen LogP contribution < -0.4 is 10.1 Å². The summed E-state index contributed by atoms with van der Waals surface area (Å²) in [6.45, 7) is 3.81. The van der Waals surface area contributed by atoms with Crippen LogP contribution in [-0.2, 0) is 32.5 Å². The molecular formula is C29H35N3O6S2. The van der Waals surface area contributed by atoms with Crippen LogP contribution in [0.1, 0.15) is 25.0 Å². The molecule has 0 saturated heterocycles. The smallest absolute Gasteiger partial charge is 0.252 e. The first-order chi connectivity index (χ1) is 19.1. The first-order valence-electron chi connectivity index (χ1n) is 13.1. The molecule has 0 unspecified atom stereocenters. The van der Waals surface area contributed by atoms with Crippen LogP contribution >= 0.6 is 11.3 Å². The van der Waals surface area contributed by atoms with Crippen molar-refractivity contribution in [3.8, 4) is 5.75 Å². The molecule has 11 heteroatoms. The Hall–Kier alpha value is -3.25. The predicted octanol–water partition coefficient (Wildman–Crippen LogP) is 3.40. The number of likely N-dealkylation sites (N-methyl/N-ethyl adjacent to an activating group) is 1. The molecule has 0 saturated carbocycles. The van der Waals surface area contributed by atoms with Crippen LogP contribution in [0.5, 0.6) is 5.75 Å². The highest BCUT2D eigenvalue weighted by molar-refractivity contribution is 7.91. The van der Waals surface area contributed by atoms with Gasteiger partial charge in [-0.3, -0.25) is 9.59 Å². The third kappa shape index (κ3) is 7.08. The van der Waals surface area contributed by atoms with Crippen molar-refractivity contribution in [2.45, 2.75) is 43.0 Å². The summed E-state index contributed by atoms with van der Waals surface area (Å²) in [5.74, 6) is -0.183. The highest BCUT2D eigenvalue weighted by atomic mass is 32.2. The number of fused-ring (bicyclic) bond motifs is 1. The van der Waals surface area contributed by atoms with Crippen molar-refractivity contribution >= 4 is 38.9 Å². The first kappa shape index (κ1) is 29.7. The van der Waals surface area contributed by atoms with Crippen LogP contribution in [0.25, 0.3) is 0 Å². The molecule has 40 heavy (non-hydrogen) atoms. The zero-order chi connectivity index (χ0) is 28.9. The van der Waals surface area contributed by atoms with E-state index in [1.807, 2.05) is 37.3 Å². The van der Waals surface area contributed by atoms with E-state index in [4.69, 9.17) is 4.74 Å². The van der Waals surface area contributed by atoms with Gasteiger partial charge in [-0.15, -0.1) is 11.3 Å². The van der Waals surface area contributed by atoms with Crippen molar-refractivity contribution in [2.24, 2.45) is 5.92 Å². The second-order valence-corrected chi connectivity index (χ2v) is 13.4. The second-order valence-electron chi connectivity index (χ2n) is 10.1. The Balaban J connectivity index is 1.61. The van der Waals surface area contributed by atoms with Crippen molar-refractivity contribution in [1.82, 2.24) is 9.21 Å². The highest BCUT2D eigenvalue weighted by Gasteiger charge is 2.33. The number of nitrogens with zero attached hydrogens (tertiary/aromatic N) is 2. The van der Waals surface area contributed by atoms with Gasteiger partial charge in [-0.25, -0.2) is 8.42 Å². The van der Waals surface area contributed by atoms with Gasteiger partial charge in [0.25, 0.3) is 10.0 Å². The number of amides is 2. The molecular weight excluding hydrogens is 550 g/mol. The summed E-state index contributed by atoms with van der Waals surface area (Å²) in [7, 11) is -2.20. The minimum atomic E-state index is -3.71. The number of aliphatic hydroxyl groups excluding tert-OH is 1. The molecule has 214 valence electrons. The standard InChI is InChI=1S/C29H35N3O6S2/c1-20-17-32(21(2)19-33)28(35)16-23-15-24(30-27(34)14-22-8-5-4-6-9-22)11-12-25(23)38-26(20)18-31(3)40(36,37)29-10-7-13-39-29/h4-13,15,20-21,26,33H,14,16-19H2,1-3H3,(H,30,34)/t20-,21+,26-/m0/s1. The Bertz CT molecular complexity index is 1410. The maximum absolute atomic E-state index is 13.4. The number of ether oxygens (including phenoxy) is 1. The van der Waals surface area contributed by atoms with Gasteiger partial charge in [0.05, 0.1) is 32.0 Å². The zero-order valence-corrected chi connectivity index (χ0v) is 24.5. The van der Waals surface area contributed by atoms with Crippen molar-refractivity contribution in [3.05, 3.63) is 77.2 Å². The number of sulfonamides is 1. The van der Waals surface area contributed by atoms with Crippen molar-refractivity contribution in [2.75, 3.05) is 32.1 Å². The summed E-state index contributed by atoms with van der Waals surface area (Å²) in [5, 5.41) is 14.5. The maximum Gasteiger partial charge on any atom is 0.252 e. The topological polar surface area (TPSA) is 116 Å². The average molecular weight is 586 g/mol. The van der Waals surface area contributed by atoms with E-state index >= 15 is 0 Å². The fraction of sp³-hybridized carbons (Fsp3) is 0.379. The van der Waals surface area contributed by atoms with E-state index in [0.29, 0.717) is 17.0 Å². The molecule has 3 atom stereocenters. The van der Waals surface area contributed by atoms with Crippen molar-refractivity contribution in [3.63, 3.8) is 0 Å². The van der Waals surface area contributed by atoms with Gasteiger partial charge < -0.3 is 20.1 Å². The van der Waals surface area contributed by atoms with E-state index in [9.17, 15) is 23.1 Å². The monoisotopic (exact) mass is 585 g/mol. The maximum atomic E-state index is 13.4. The molecule has 2 heterocycles. The van der Waals surface area contributed by atoms with Crippen LogP contribution in [0.2, 0.25) is 0 Å². The third-order valence-electron chi connectivity index (χ3n) is 7.00. The summed E-state index contributed by atoms with van der Waals surface area (Å²) in [5.41, 5.74) is 1.98. The first-order valence-corrected chi connectivity index (χ1v) is 15.4. The summed E-state index contributed by atoms with van der Waals surface area (Å²) in [6.07, 6.45) is -0.374. The minimum absolute atomic E-state index is 0.00480. The Morgan fingerprint density at radius 3 is 2.62 bits per heavy atom. The number of carbonyl (C=O) groups is 2. The van der Waals surface area contributed by atoms with E-state index in [1.165, 1.54) is 11.4 Å². The third-order valence-corrected chi connectivity index (χ3v) is 10.2. The number of benzene rings is 2. The molecule has 3 aromatic rings. The molecule has 0 aliphatic carbocycles. The lowest BCUT2D eigenvalue weighted by Gasteiger charge is -2.33. The quantitative estimate of drug-likeness (QED) is 0.398. The van der Waals surface area contributed by atoms with Gasteiger partial charge in [0, 0.05) is 30.8 Å². The van der Waals surface area contributed by atoms with Gasteiger partial charge in [0.2, 0.25) is 11.8 Å². The highest BCUT2D eigenvalue weighted by Crippen LogP contribution is 2.30. The van der Waals surface area contributed by atoms with Crippen LogP contribution in [0.15, 0.2) is 70.3 Å². The summed E-state index contributed by atoms with van der Waals surface area (Å²) in [4.78, 5) is 27.7. The number of rotatable bonds is 9. The number of anilines is 1. The molecule has 1 aliphatic heterocycles. The van der Waals surface area contributed by atoms with Crippen molar-refractivity contribution in [1.29, 1.82) is 0 Å². The second kappa shape index (κ2) is 12.9. The zero-order valence-electron chi connectivity index (χ0n) is 22.8.